The Morgan fingerprint density at radius 2 is 1.36 bits per heavy atom. The highest BCUT2D eigenvalue weighted by Gasteiger charge is 2.19. The van der Waals surface area contributed by atoms with Gasteiger partial charge in [-0.15, -0.1) is 0 Å². The summed E-state index contributed by atoms with van der Waals surface area (Å²) in [5.74, 6) is -0.102. The highest BCUT2D eigenvalue weighted by molar-refractivity contribution is 5.82. The molecule has 2 amide bonds. The van der Waals surface area contributed by atoms with Crippen molar-refractivity contribution in [3.63, 3.8) is 0 Å². The maximum atomic E-state index is 12.3. The Morgan fingerprint density at radius 1 is 0.909 bits per heavy atom. The van der Waals surface area contributed by atoms with Crippen molar-refractivity contribution < 1.29 is 14.3 Å². The normalized spacial score (nSPS) is 11.7. The number of carbonyl (C=O) groups is 2. The standard InChI is InChI=1S/C15H32N4O3/c1-15(2,3)22-14(21)16-12-13(20)19(10-8-17(4)5)11-9-18(6)7/h8-12H2,1-7H3,(H,16,21). The van der Waals surface area contributed by atoms with E-state index in [-0.39, 0.29) is 12.5 Å². The molecule has 0 aromatic rings. The molecule has 0 aromatic carbocycles. The summed E-state index contributed by atoms with van der Waals surface area (Å²) in [6, 6.07) is 0. The number of amides is 2. The zero-order valence-electron chi connectivity index (χ0n) is 15.1. The van der Waals surface area contributed by atoms with Gasteiger partial charge >= 0.3 is 6.09 Å². The fourth-order valence-corrected chi connectivity index (χ4v) is 1.58. The molecule has 0 fully saturated rings. The number of alkyl carbamates (subject to hydrolysis) is 1. The lowest BCUT2D eigenvalue weighted by atomic mass is 10.2. The van der Waals surface area contributed by atoms with Gasteiger partial charge in [0.15, 0.2) is 0 Å². The number of ether oxygens (including phenoxy) is 1. The molecule has 1 N–H and O–H groups in total. The average Bonchev–Trinajstić information content (AvgIpc) is 2.33. The molecule has 0 aromatic heterocycles. The van der Waals surface area contributed by atoms with Gasteiger partial charge in [-0.1, -0.05) is 0 Å². The van der Waals surface area contributed by atoms with E-state index in [1.165, 1.54) is 0 Å². The summed E-state index contributed by atoms with van der Waals surface area (Å²) in [7, 11) is 7.86. The number of hydrogen-bond acceptors (Lipinski definition) is 5. The van der Waals surface area contributed by atoms with Crippen LogP contribution in [0.1, 0.15) is 20.8 Å². The summed E-state index contributed by atoms with van der Waals surface area (Å²) in [4.78, 5) is 29.7. The van der Waals surface area contributed by atoms with Crippen LogP contribution in [0, 0.1) is 0 Å². The van der Waals surface area contributed by atoms with Crippen molar-refractivity contribution in [2.45, 2.75) is 26.4 Å². The Labute approximate surface area is 134 Å². The highest BCUT2D eigenvalue weighted by Crippen LogP contribution is 2.06. The number of carbonyl (C=O) groups excluding carboxylic acids is 2. The zero-order valence-corrected chi connectivity index (χ0v) is 15.1. The summed E-state index contributed by atoms with van der Waals surface area (Å²) >= 11 is 0. The Hall–Kier alpha value is -1.34. The first-order valence-electron chi connectivity index (χ1n) is 7.55. The third kappa shape index (κ3) is 11.3. The minimum Gasteiger partial charge on any atom is -0.444 e. The van der Waals surface area contributed by atoms with Crippen LogP contribution in [-0.4, -0.2) is 93.2 Å². The number of hydrogen-bond donors (Lipinski definition) is 1. The van der Waals surface area contributed by atoms with Crippen LogP contribution in [0.25, 0.3) is 0 Å². The lowest BCUT2D eigenvalue weighted by Gasteiger charge is -2.26. The van der Waals surface area contributed by atoms with E-state index < -0.39 is 11.7 Å². The summed E-state index contributed by atoms with van der Waals surface area (Å²) in [5.41, 5.74) is -0.567. The molecular weight excluding hydrogens is 284 g/mol. The minimum absolute atomic E-state index is 0.0459. The minimum atomic E-state index is -0.569. The maximum Gasteiger partial charge on any atom is 0.408 e. The fraction of sp³-hybridized carbons (Fsp3) is 0.867. The van der Waals surface area contributed by atoms with Crippen LogP contribution < -0.4 is 5.32 Å². The van der Waals surface area contributed by atoms with Gasteiger partial charge in [-0.25, -0.2) is 4.79 Å². The van der Waals surface area contributed by atoms with Crippen LogP contribution in [0.15, 0.2) is 0 Å². The van der Waals surface area contributed by atoms with E-state index in [4.69, 9.17) is 4.74 Å². The molecule has 0 spiro atoms. The quantitative estimate of drug-likeness (QED) is 0.705. The molecule has 0 rings (SSSR count). The van der Waals surface area contributed by atoms with Crippen LogP contribution in [-0.2, 0) is 9.53 Å². The first-order valence-corrected chi connectivity index (χ1v) is 7.55. The summed E-state index contributed by atoms with van der Waals surface area (Å²) in [6.45, 7) is 8.15. The first-order chi connectivity index (χ1) is 10.0. The summed E-state index contributed by atoms with van der Waals surface area (Å²) in [6.07, 6.45) is -0.569. The van der Waals surface area contributed by atoms with Gasteiger partial charge in [-0.2, -0.15) is 0 Å². The Kier molecular flexibility index (Phi) is 9.04. The van der Waals surface area contributed by atoms with Crippen LogP contribution >= 0.6 is 0 Å². The molecule has 0 aliphatic heterocycles. The molecular formula is C15H32N4O3. The molecule has 0 saturated heterocycles. The maximum absolute atomic E-state index is 12.3. The Morgan fingerprint density at radius 3 is 1.73 bits per heavy atom. The van der Waals surface area contributed by atoms with E-state index >= 15 is 0 Å². The van der Waals surface area contributed by atoms with Gasteiger partial charge in [0.2, 0.25) is 5.91 Å². The van der Waals surface area contributed by atoms with Gasteiger partial charge in [0.25, 0.3) is 0 Å². The lowest BCUT2D eigenvalue weighted by Crippen LogP contribution is -2.46. The van der Waals surface area contributed by atoms with Gasteiger partial charge < -0.3 is 24.8 Å². The molecule has 0 unspecified atom stereocenters. The van der Waals surface area contributed by atoms with Crippen molar-refractivity contribution in [3.8, 4) is 0 Å². The molecule has 0 heterocycles. The Balaban J connectivity index is 4.39. The molecule has 7 nitrogen and oxygen atoms in total. The first kappa shape index (κ1) is 20.7. The molecule has 0 atom stereocenters. The summed E-state index contributed by atoms with van der Waals surface area (Å²) < 4.78 is 5.13. The fourth-order valence-electron chi connectivity index (χ4n) is 1.58. The van der Waals surface area contributed by atoms with Gasteiger partial charge in [-0.05, 0) is 49.0 Å². The van der Waals surface area contributed by atoms with E-state index in [9.17, 15) is 9.59 Å². The summed E-state index contributed by atoms with van der Waals surface area (Å²) in [5, 5.41) is 2.52. The second-order valence-electron chi connectivity index (χ2n) is 6.84. The van der Waals surface area contributed by atoms with E-state index in [0.29, 0.717) is 13.1 Å². The van der Waals surface area contributed by atoms with Gasteiger partial charge in [0.1, 0.15) is 12.1 Å². The second kappa shape index (κ2) is 9.63. The molecule has 0 radical (unpaired) electrons. The van der Waals surface area contributed by atoms with Crippen LogP contribution in [0.2, 0.25) is 0 Å². The predicted molar refractivity (Wildman–Crippen MR) is 87.9 cm³/mol. The Bertz CT molecular complexity index is 339. The molecule has 0 aliphatic rings. The van der Waals surface area contributed by atoms with Gasteiger partial charge in [0, 0.05) is 26.2 Å². The molecule has 130 valence electrons. The number of likely N-dealkylation sites (N-methyl/N-ethyl adjacent to an activating group) is 2. The topological polar surface area (TPSA) is 65.1 Å². The highest BCUT2D eigenvalue weighted by atomic mass is 16.6. The van der Waals surface area contributed by atoms with E-state index in [1.807, 2.05) is 38.0 Å². The predicted octanol–water partition coefficient (Wildman–Crippen LogP) is 0.463. The number of nitrogens with one attached hydrogen (secondary N) is 1. The van der Waals surface area contributed by atoms with Gasteiger partial charge in [-0.3, -0.25) is 4.79 Å². The van der Waals surface area contributed by atoms with Crippen molar-refractivity contribution in [1.29, 1.82) is 0 Å². The zero-order chi connectivity index (χ0) is 17.3. The molecule has 0 bridgehead atoms. The van der Waals surface area contributed by atoms with Crippen LogP contribution in [0.3, 0.4) is 0 Å². The van der Waals surface area contributed by atoms with E-state index in [0.717, 1.165) is 13.1 Å². The van der Waals surface area contributed by atoms with Gasteiger partial charge in [0.05, 0.1) is 0 Å². The van der Waals surface area contributed by atoms with Crippen molar-refractivity contribution in [1.82, 2.24) is 20.0 Å². The van der Waals surface area contributed by atoms with Crippen LogP contribution in [0.4, 0.5) is 4.79 Å². The lowest BCUT2D eigenvalue weighted by molar-refractivity contribution is -0.130. The van der Waals surface area contributed by atoms with Crippen molar-refractivity contribution in [3.05, 3.63) is 0 Å². The largest absolute Gasteiger partial charge is 0.444 e. The third-order valence-corrected chi connectivity index (χ3v) is 2.77. The number of nitrogens with zero attached hydrogens (tertiary/aromatic N) is 3. The number of rotatable bonds is 8. The van der Waals surface area contributed by atoms with E-state index in [2.05, 4.69) is 5.32 Å². The van der Waals surface area contributed by atoms with Crippen molar-refractivity contribution in [2.24, 2.45) is 0 Å². The molecule has 22 heavy (non-hydrogen) atoms. The van der Waals surface area contributed by atoms with Crippen molar-refractivity contribution >= 4 is 12.0 Å². The third-order valence-electron chi connectivity index (χ3n) is 2.77. The second-order valence-corrected chi connectivity index (χ2v) is 6.84. The SMILES string of the molecule is CN(C)CCN(CCN(C)C)C(=O)CNC(=O)OC(C)(C)C. The molecule has 0 aliphatic carbocycles. The smallest absolute Gasteiger partial charge is 0.408 e. The molecule has 7 heteroatoms. The average molecular weight is 316 g/mol. The van der Waals surface area contributed by atoms with Crippen molar-refractivity contribution in [2.75, 3.05) is 60.9 Å². The molecule has 0 saturated carbocycles. The van der Waals surface area contributed by atoms with E-state index in [1.54, 1.807) is 25.7 Å². The van der Waals surface area contributed by atoms with Crippen LogP contribution in [0.5, 0.6) is 0 Å². The monoisotopic (exact) mass is 316 g/mol.